The number of rotatable bonds is 7. The molecule has 1 rings (SSSR count). The Bertz CT molecular complexity index is 375. The summed E-state index contributed by atoms with van der Waals surface area (Å²) in [6.45, 7) is 3.05. The monoisotopic (exact) mass is 290 g/mol. The Morgan fingerprint density at radius 1 is 1.26 bits per heavy atom. The molecule has 0 aromatic carbocycles. The van der Waals surface area contributed by atoms with Crippen molar-refractivity contribution in [1.82, 2.24) is 9.62 Å². The molecular formula is C13H26N2O3S. The largest absolute Gasteiger partial charge is 0.340 e. The van der Waals surface area contributed by atoms with Crippen LogP contribution in [-0.2, 0) is 14.8 Å². The van der Waals surface area contributed by atoms with Crippen LogP contribution in [0.1, 0.15) is 51.9 Å². The molecule has 1 aliphatic carbocycles. The second-order valence-electron chi connectivity index (χ2n) is 5.30. The molecule has 1 amide bonds. The minimum Gasteiger partial charge on any atom is -0.340 e. The lowest BCUT2D eigenvalue weighted by Gasteiger charge is -2.34. The molecule has 1 fully saturated rings. The maximum Gasteiger partial charge on any atom is 0.224 e. The molecule has 1 aliphatic rings. The van der Waals surface area contributed by atoms with E-state index in [2.05, 4.69) is 11.6 Å². The Morgan fingerprint density at radius 3 is 2.42 bits per heavy atom. The van der Waals surface area contributed by atoms with Crippen molar-refractivity contribution in [3.05, 3.63) is 0 Å². The van der Waals surface area contributed by atoms with Gasteiger partial charge in [0.15, 0.2) is 0 Å². The van der Waals surface area contributed by atoms with Gasteiger partial charge in [-0.1, -0.05) is 26.2 Å². The van der Waals surface area contributed by atoms with Gasteiger partial charge in [0, 0.05) is 25.6 Å². The molecule has 0 heterocycles. The van der Waals surface area contributed by atoms with Crippen LogP contribution in [0.2, 0.25) is 0 Å². The molecule has 0 spiro atoms. The van der Waals surface area contributed by atoms with Gasteiger partial charge in [0.1, 0.15) is 0 Å². The van der Waals surface area contributed by atoms with Crippen LogP contribution in [0.4, 0.5) is 0 Å². The molecule has 0 saturated heterocycles. The van der Waals surface area contributed by atoms with E-state index in [-0.39, 0.29) is 18.9 Å². The van der Waals surface area contributed by atoms with Crippen molar-refractivity contribution in [2.24, 2.45) is 0 Å². The molecule has 0 atom stereocenters. The molecule has 1 saturated carbocycles. The summed E-state index contributed by atoms with van der Waals surface area (Å²) in [7, 11) is -3.20. The van der Waals surface area contributed by atoms with Crippen molar-refractivity contribution >= 4 is 15.9 Å². The maximum absolute atomic E-state index is 12.2. The summed E-state index contributed by atoms with van der Waals surface area (Å²) < 4.78 is 24.3. The van der Waals surface area contributed by atoms with E-state index >= 15 is 0 Å². The van der Waals surface area contributed by atoms with E-state index in [0.29, 0.717) is 6.04 Å². The van der Waals surface area contributed by atoms with E-state index < -0.39 is 10.0 Å². The van der Waals surface area contributed by atoms with Crippen molar-refractivity contribution < 1.29 is 13.2 Å². The van der Waals surface area contributed by atoms with Crippen LogP contribution >= 0.6 is 0 Å². The highest BCUT2D eigenvalue weighted by Crippen LogP contribution is 2.23. The molecule has 19 heavy (non-hydrogen) atoms. The van der Waals surface area contributed by atoms with Gasteiger partial charge in [0.25, 0.3) is 0 Å². The molecule has 0 aromatic rings. The normalized spacial score (nSPS) is 17.4. The summed E-state index contributed by atoms with van der Waals surface area (Å²) in [5.74, 6) is 0.0740. The lowest BCUT2D eigenvalue weighted by molar-refractivity contribution is -0.134. The average molecular weight is 290 g/mol. The summed E-state index contributed by atoms with van der Waals surface area (Å²) in [4.78, 5) is 14.2. The van der Waals surface area contributed by atoms with Gasteiger partial charge >= 0.3 is 0 Å². The highest BCUT2D eigenvalue weighted by atomic mass is 32.2. The second kappa shape index (κ2) is 7.85. The fourth-order valence-corrected chi connectivity index (χ4v) is 3.10. The Labute approximate surface area is 116 Å². The van der Waals surface area contributed by atoms with E-state index in [1.807, 2.05) is 4.90 Å². The minimum atomic E-state index is -3.20. The molecule has 0 aliphatic heterocycles. The molecule has 0 unspecified atom stereocenters. The zero-order valence-corrected chi connectivity index (χ0v) is 12.8. The first-order valence-corrected chi connectivity index (χ1v) is 9.07. The Morgan fingerprint density at radius 2 is 1.89 bits per heavy atom. The maximum atomic E-state index is 12.2. The van der Waals surface area contributed by atoms with Crippen LogP contribution in [0.15, 0.2) is 0 Å². The second-order valence-corrected chi connectivity index (χ2v) is 7.13. The van der Waals surface area contributed by atoms with Gasteiger partial charge in [-0.15, -0.1) is 0 Å². The first-order chi connectivity index (χ1) is 8.94. The molecule has 0 radical (unpaired) electrons. The number of carbonyl (C=O) groups excluding carboxylic acids is 1. The number of amides is 1. The lowest BCUT2D eigenvalue weighted by Crippen LogP contribution is -2.43. The van der Waals surface area contributed by atoms with Crippen LogP contribution in [-0.4, -0.2) is 44.6 Å². The molecule has 112 valence electrons. The van der Waals surface area contributed by atoms with E-state index in [9.17, 15) is 13.2 Å². The van der Waals surface area contributed by atoms with Gasteiger partial charge in [-0.2, -0.15) is 0 Å². The molecule has 0 aromatic heterocycles. The lowest BCUT2D eigenvalue weighted by atomic mass is 9.94. The number of sulfonamides is 1. The zero-order valence-electron chi connectivity index (χ0n) is 12.0. The first kappa shape index (κ1) is 16.4. The average Bonchev–Trinajstić information content (AvgIpc) is 2.35. The SMILES string of the molecule is CCCN(C(=O)CCNS(C)(=O)=O)C1CCCCC1. The fraction of sp³-hybridized carbons (Fsp3) is 0.923. The van der Waals surface area contributed by atoms with Gasteiger partial charge in [-0.3, -0.25) is 4.79 Å². The molecule has 5 nitrogen and oxygen atoms in total. The molecule has 6 heteroatoms. The first-order valence-electron chi connectivity index (χ1n) is 7.18. The number of hydrogen-bond acceptors (Lipinski definition) is 3. The number of nitrogens with zero attached hydrogens (tertiary/aromatic N) is 1. The van der Waals surface area contributed by atoms with E-state index in [1.165, 1.54) is 19.3 Å². The number of nitrogens with one attached hydrogen (secondary N) is 1. The number of hydrogen-bond donors (Lipinski definition) is 1. The Balaban J connectivity index is 2.47. The van der Waals surface area contributed by atoms with E-state index in [0.717, 1.165) is 32.1 Å². The van der Waals surface area contributed by atoms with Gasteiger partial charge in [-0.25, -0.2) is 13.1 Å². The van der Waals surface area contributed by atoms with Crippen LogP contribution in [0.3, 0.4) is 0 Å². The minimum absolute atomic E-state index is 0.0740. The van der Waals surface area contributed by atoms with Crippen molar-refractivity contribution in [2.45, 2.75) is 57.9 Å². The standard InChI is InChI=1S/C13H26N2O3S/c1-3-11-15(12-7-5-4-6-8-12)13(16)9-10-14-19(2,17)18/h12,14H,3-11H2,1-2H3. The molecule has 1 N–H and O–H groups in total. The van der Waals surface area contributed by atoms with Crippen molar-refractivity contribution in [3.63, 3.8) is 0 Å². The summed E-state index contributed by atoms with van der Waals surface area (Å²) >= 11 is 0. The summed E-state index contributed by atoms with van der Waals surface area (Å²) in [5.41, 5.74) is 0. The summed E-state index contributed by atoms with van der Waals surface area (Å²) in [5, 5.41) is 0. The topological polar surface area (TPSA) is 66.5 Å². The van der Waals surface area contributed by atoms with Crippen molar-refractivity contribution in [2.75, 3.05) is 19.3 Å². The third-order valence-corrected chi connectivity index (χ3v) is 4.23. The van der Waals surface area contributed by atoms with Gasteiger partial charge in [0.05, 0.1) is 6.26 Å². The van der Waals surface area contributed by atoms with Crippen LogP contribution in [0.5, 0.6) is 0 Å². The third kappa shape index (κ3) is 6.38. The zero-order chi connectivity index (χ0) is 14.3. The van der Waals surface area contributed by atoms with Crippen LogP contribution < -0.4 is 4.72 Å². The van der Waals surface area contributed by atoms with Crippen molar-refractivity contribution in [3.8, 4) is 0 Å². The quantitative estimate of drug-likeness (QED) is 0.772. The van der Waals surface area contributed by atoms with Crippen LogP contribution in [0, 0.1) is 0 Å². The van der Waals surface area contributed by atoms with E-state index in [1.54, 1.807) is 0 Å². The van der Waals surface area contributed by atoms with Crippen molar-refractivity contribution in [1.29, 1.82) is 0 Å². The van der Waals surface area contributed by atoms with Gasteiger partial charge in [0.2, 0.25) is 15.9 Å². The molecular weight excluding hydrogens is 264 g/mol. The summed E-state index contributed by atoms with van der Waals surface area (Å²) in [6, 6.07) is 0.361. The van der Waals surface area contributed by atoms with E-state index in [4.69, 9.17) is 0 Å². The summed E-state index contributed by atoms with van der Waals surface area (Å²) in [6.07, 6.45) is 8.14. The molecule has 0 bridgehead atoms. The predicted molar refractivity (Wildman–Crippen MR) is 76.3 cm³/mol. The van der Waals surface area contributed by atoms with Gasteiger partial charge < -0.3 is 4.90 Å². The van der Waals surface area contributed by atoms with Crippen LogP contribution in [0.25, 0.3) is 0 Å². The highest BCUT2D eigenvalue weighted by Gasteiger charge is 2.24. The fourth-order valence-electron chi connectivity index (χ4n) is 2.63. The van der Waals surface area contributed by atoms with Gasteiger partial charge in [-0.05, 0) is 19.3 Å². The highest BCUT2D eigenvalue weighted by molar-refractivity contribution is 7.88. The Kier molecular flexibility index (Phi) is 6.79. The Hall–Kier alpha value is -0.620. The smallest absolute Gasteiger partial charge is 0.224 e. The third-order valence-electron chi connectivity index (χ3n) is 3.50. The predicted octanol–water partition coefficient (Wildman–Crippen LogP) is 1.50. The number of carbonyl (C=O) groups is 1.